The van der Waals surface area contributed by atoms with Crippen LogP contribution in [0, 0.1) is 6.92 Å². The third-order valence-corrected chi connectivity index (χ3v) is 4.15. The molecule has 0 saturated carbocycles. The Morgan fingerprint density at radius 2 is 2.04 bits per heavy atom. The van der Waals surface area contributed by atoms with Crippen molar-refractivity contribution >= 4 is 41.3 Å². The highest BCUT2D eigenvalue weighted by molar-refractivity contribution is 14.0. The van der Waals surface area contributed by atoms with Gasteiger partial charge in [0.05, 0.1) is 18.7 Å². The van der Waals surface area contributed by atoms with Crippen molar-refractivity contribution in [3.8, 4) is 5.75 Å². The van der Waals surface area contributed by atoms with Gasteiger partial charge in [0.25, 0.3) is 0 Å². The van der Waals surface area contributed by atoms with Gasteiger partial charge >= 0.3 is 0 Å². The normalized spacial score (nSPS) is 10.9. The van der Waals surface area contributed by atoms with Crippen LogP contribution >= 0.6 is 35.3 Å². The molecule has 0 spiro atoms. The molecule has 2 rings (SSSR count). The second kappa shape index (κ2) is 9.71. The zero-order chi connectivity index (χ0) is 15.9. The summed E-state index contributed by atoms with van der Waals surface area (Å²) in [6, 6.07) is 8.07. The third-order valence-electron chi connectivity index (χ3n) is 3.24. The number of methoxy groups -OCH3 is 1. The van der Waals surface area contributed by atoms with Crippen LogP contribution in [0.3, 0.4) is 0 Å². The van der Waals surface area contributed by atoms with Gasteiger partial charge in [-0.25, -0.2) is 4.98 Å². The van der Waals surface area contributed by atoms with Crippen LogP contribution in [0.4, 0.5) is 0 Å². The first-order valence-corrected chi connectivity index (χ1v) is 7.90. The van der Waals surface area contributed by atoms with E-state index in [1.54, 1.807) is 25.5 Å². The topological polar surface area (TPSA) is 49.8 Å². The van der Waals surface area contributed by atoms with Crippen molar-refractivity contribution in [1.29, 1.82) is 0 Å². The quantitative estimate of drug-likeness (QED) is 0.435. The molecule has 0 aliphatic heterocycles. The number of nitrogens with one attached hydrogen (secondary N) is 1. The summed E-state index contributed by atoms with van der Waals surface area (Å²) in [6.45, 7) is 3.54. The largest absolute Gasteiger partial charge is 0.497 e. The fourth-order valence-corrected chi connectivity index (χ4v) is 2.85. The molecule has 0 unspecified atom stereocenters. The summed E-state index contributed by atoms with van der Waals surface area (Å²) < 4.78 is 5.18. The van der Waals surface area contributed by atoms with E-state index < -0.39 is 0 Å². The average molecular weight is 446 g/mol. The molecule has 0 fully saturated rings. The van der Waals surface area contributed by atoms with E-state index in [0.29, 0.717) is 0 Å². The number of aromatic nitrogens is 1. The van der Waals surface area contributed by atoms with E-state index in [1.165, 1.54) is 10.4 Å². The Balaban J connectivity index is 0.00000264. The molecule has 23 heavy (non-hydrogen) atoms. The average Bonchev–Trinajstić information content (AvgIpc) is 2.94. The van der Waals surface area contributed by atoms with Crippen molar-refractivity contribution < 1.29 is 4.74 Å². The third kappa shape index (κ3) is 5.98. The van der Waals surface area contributed by atoms with Crippen molar-refractivity contribution in [2.75, 3.05) is 21.2 Å². The lowest BCUT2D eigenvalue weighted by atomic mass is 10.2. The maximum Gasteiger partial charge on any atom is 0.193 e. The number of halogens is 1. The molecule has 7 heteroatoms. The summed E-state index contributed by atoms with van der Waals surface area (Å²) in [4.78, 5) is 11.9. The van der Waals surface area contributed by atoms with E-state index in [2.05, 4.69) is 32.3 Å². The number of ether oxygens (including phenoxy) is 1. The number of hydrogen-bond donors (Lipinski definition) is 1. The Labute approximate surface area is 158 Å². The van der Waals surface area contributed by atoms with Crippen molar-refractivity contribution in [3.63, 3.8) is 0 Å². The molecule has 126 valence electrons. The second-order valence-electron chi connectivity index (χ2n) is 4.95. The van der Waals surface area contributed by atoms with Crippen molar-refractivity contribution in [2.24, 2.45) is 4.99 Å². The lowest BCUT2D eigenvalue weighted by Crippen LogP contribution is -2.37. The van der Waals surface area contributed by atoms with Crippen molar-refractivity contribution in [3.05, 3.63) is 45.9 Å². The number of hydrogen-bond acceptors (Lipinski definition) is 4. The fourth-order valence-electron chi connectivity index (χ4n) is 2.12. The van der Waals surface area contributed by atoms with E-state index in [0.717, 1.165) is 29.8 Å². The van der Waals surface area contributed by atoms with E-state index in [1.807, 2.05) is 32.3 Å². The summed E-state index contributed by atoms with van der Waals surface area (Å²) in [6.07, 6.45) is 1.91. The molecule has 1 heterocycles. The van der Waals surface area contributed by atoms with Gasteiger partial charge in [0, 0.05) is 31.7 Å². The molecule has 2 aromatic rings. The summed E-state index contributed by atoms with van der Waals surface area (Å²) in [5, 5.41) is 4.45. The van der Waals surface area contributed by atoms with Crippen LogP contribution in [0.1, 0.15) is 15.4 Å². The molecule has 0 bridgehead atoms. The summed E-state index contributed by atoms with van der Waals surface area (Å²) in [7, 11) is 5.50. The van der Waals surface area contributed by atoms with E-state index in [-0.39, 0.29) is 24.0 Å². The molecule has 0 atom stereocenters. The Morgan fingerprint density at radius 3 is 2.57 bits per heavy atom. The predicted octanol–water partition coefficient (Wildman–Crippen LogP) is 3.29. The molecule has 0 aliphatic carbocycles. The first-order valence-electron chi connectivity index (χ1n) is 7.08. The summed E-state index contributed by atoms with van der Waals surface area (Å²) >= 11 is 1.70. The van der Waals surface area contributed by atoms with E-state index >= 15 is 0 Å². The van der Waals surface area contributed by atoms with Crippen LogP contribution in [0.5, 0.6) is 5.75 Å². The van der Waals surface area contributed by atoms with E-state index in [4.69, 9.17) is 4.74 Å². The van der Waals surface area contributed by atoms with Gasteiger partial charge in [-0.3, -0.25) is 4.99 Å². The number of thiazole rings is 1. The van der Waals surface area contributed by atoms with Crippen LogP contribution < -0.4 is 10.1 Å². The first-order chi connectivity index (χ1) is 10.6. The Kier molecular flexibility index (Phi) is 8.32. The smallest absolute Gasteiger partial charge is 0.193 e. The van der Waals surface area contributed by atoms with E-state index in [9.17, 15) is 0 Å². The number of aliphatic imine (C=N–C) groups is 1. The number of nitrogens with zero attached hydrogens (tertiary/aromatic N) is 3. The Morgan fingerprint density at radius 1 is 1.35 bits per heavy atom. The Hall–Kier alpha value is -1.35. The monoisotopic (exact) mass is 446 g/mol. The first kappa shape index (κ1) is 19.7. The number of rotatable bonds is 5. The zero-order valence-electron chi connectivity index (χ0n) is 13.9. The van der Waals surface area contributed by atoms with Crippen molar-refractivity contribution in [2.45, 2.75) is 20.0 Å². The van der Waals surface area contributed by atoms with Gasteiger partial charge in [-0.05, 0) is 24.6 Å². The minimum Gasteiger partial charge on any atom is -0.497 e. The Bertz CT molecular complexity index is 627. The van der Waals surface area contributed by atoms with Gasteiger partial charge in [-0.15, -0.1) is 35.3 Å². The summed E-state index contributed by atoms with van der Waals surface area (Å²) in [5.74, 6) is 1.73. The lowest BCUT2D eigenvalue weighted by Gasteiger charge is -2.22. The van der Waals surface area contributed by atoms with Gasteiger partial charge in [0.1, 0.15) is 5.75 Å². The molecule has 0 aliphatic rings. The van der Waals surface area contributed by atoms with Crippen LogP contribution in [-0.4, -0.2) is 37.0 Å². The molecule has 1 aromatic carbocycles. The molecule has 0 amide bonds. The van der Waals surface area contributed by atoms with Gasteiger partial charge in [-0.1, -0.05) is 12.1 Å². The standard InChI is InChI=1S/C16H22N4OS.HI/c1-12-18-9-15(22-12)10-19-16(17-2)20(3)11-13-5-7-14(21-4)8-6-13;/h5-9H,10-11H2,1-4H3,(H,17,19);1H. The van der Waals surface area contributed by atoms with Gasteiger partial charge < -0.3 is 15.0 Å². The highest BCUT2D eigenvalue weighted by atomic mass is 127. The number of guanidine groups is 1. The minimum atomic E-state index is 0. The fraction of sp³-hybridized carbons (Fsp3) is 0.375. The SMILES string of the molecule is CN=C(NCc1cnc(C)s1)N(C)Cc1ccc(OC)cc1.I. The summed E-state index contributed by atoms with van der Waals surface area (Å²) in [5.41, 5.74) is 1.21. The van der Waals surface area contributed by atoms with Crippen LogP contribution in [0.25, 0.3) is 0 Å². The zero-order valence-corrected chi connectivity index (χ0v) is 17.0. The molecule has 5 nitrogen and oxygen atoms in total. The molecular weight excluding hydrogens is 423 g/mol. The molecule has 1 N–H and O–H groups in total. The molecular formula is C16H23IN4OS. The second-order valence-corrected chi connectivity index (χ2v) is 6.27. The molecule has 1 aromatic heterocycles. The minimum absolute atomic E-state index is 0. The highest BCUT2D eigenvalue weighted by Gasteiger charge is 2.07. The number of benzene rings is 1. The maximum atomic E-state index is 5.18. The van der Waals surface area contributed by atoms with Crippen LogP contribution in [0.2, 0.25) is 0 Å². The lowest BCUT2D eigenvalue weighted by molar-refractivity contribution is 0.414. The highest BCUT2D eigenvalue weighted by Crippen LogP contribution is 2.13. The molecule has 0 saturated heterocycles. The van der Waals surface area contributed by atoms with Gasteiger partial charge in [0.2, 0.25) is 0 Å². The van der Waals surface area contributed by atoms with Crippen molar-refractivity contribution in [1.82, 2.24) is 15.2 Å². The van der Waals surface area contributed by atoms with Gasteiger partial charge in [0.15, 0.2) is 5.96 Å². The number of aryl methyl sites for hydroxylation is 1. The predicted molar refractivity (Wildman–Crippen MR) is 107 cm³/mol. The molecule has 0 radical (unpaired) electrons. The maximum absolute atomic E-state index is 5.18. The van der Waals surface area contributed by atoms with Crippen LogP contribution in [-0.2, 0) is 13.1 Å². The van der Waals surface area contributed by atoms with Gasteiger partial charge in [-0.2, -0.15) is 0 Å². The van der Waals surface area contributed by atoms with Crippen LogP contribution in [0.15, 0.2) is 35.5 Å².